The number of rotatable bonds is 8. The Bertz CT molecular complexity index is 1190. The molecule has 4 rings (SSSR count). The fraction of sp³-hybridized carbons (Fsp3) is 0.107. The first kappa shape index (κ1) is 22.1. The summed E-state index contributed by atoms with van der Waals surface area (Å²) in [6.07, 6.45) is 0. The van der Waals surface area contributed by atoms with Crippen molar-refractivity contribution in [3.63, 3.8) is 0 Å². The van der Waals surface area contributed by atoms with Crippen molar-refractivity contribution in [2.75, 3.05) is 0 Å². The summed E-state index contributed by atoms with van der Waals surface area (Å²) in [6.45, 7) is 2.93. The van der Waals surface area contributed by atoms with E-state index in [1.165, 1.54) is 5.56 Å². The summed E-state index contributed by atoms with van der Waals surface area (Å²) in [5, 5.41) is 0. The molecule has 0 aliphatic carbocycles. The van der Waals surface area contributed by atoms with Gasteiger partial charge in [-0.1, -0.05) is 78.4 Å². The van der Waals surface area contributed by atoms with E-state index in [2.05, 4.69) is 10.4 Å². The van der Waals surface area contributed by atoms with Gasteiger partial charge in [0.05, 0.1) is 11.3 Å². The number of aliphatic imine (C=N–C) groups is 1. The highest BCUT2D eigenvalue weighted by atomic mass is 16.5. The van der Waals surface area contributed by atoms with Crippen molar-refractivity contribution in [2.24, 2.45) is 10.8 Å². The van der Waals surface area contributed by atoms with Crippen molar-refractivity contribution in [1.29, 1.82) is 0 Å². The molecular formula is C28H27N3O2. The molecule has 33 heavy (non-hydrogen) atoms. The number of nitrogens with two attached hydrogens (primary N) is 1. The molecule has 166 valence electrons. The second-order valence-corrected chi connectivity index (χ2v) is 7.65. The maximum atomic E-state index is 6.20. The fourth-order valence-corrected chi connectivity index (χ4v) is 3.30. The molecule has 0 radical (unpaired) electrons. The lowest BCUT2D eigenvalue weighted by Gasteiger charge is -2.15. The summed E-state index contributed by atoms with van der Waals surface area (Å²) in [7, 11) is 0. The molecule has 0 atom stereocenters. The van der Waals surface area contributed by atoms with E-state index in [0.717, 1.165) is 22.4 Å². The van der Waals surface area contributed by atoms with E-state index in [1.807, 2.05) is 110 Å². The smallest absolute Gasteiger partial charge is 0.151 e. The van der Waals surface area contributed by atoms with Gasteiger partial charge >= 0.3 is 0 Å². The van der Waals surface area contributed by atoms with Gasteiger partial charge in [0.15, 0.2) is 5.84 Å². The lowest BCUT2D eigenvalue weighted by Crippen LogP contribution is -2.31. The summed E-state index contributed by atoms with van der Waals surface area (Å²) >= 11 is 0. The Balaban J connectivity index is 1.62. The van der Waals surface area contributed by atoms with Crippen molar-refractivity contribution >= 4 is 11.5 Å². The van der Waals surface area contributed by atoms with Gasteiger partial charge in [0.2, 0.25) is 0 Å². The van der Waals surface area contributed by atoms with Crippen molar-refractivity contribution in [1.82, 2.24) is 5.43 Å². The zero-order valence-electron chi connectivity index (χ0n) is 18.6. The first-order chi connectivity index (χ1) is 16.2. The van der Waals surface area contributed by atoms with Crippen LogP contribution in [0.1, 0.15) is 22.3 Å². The van der Waals surface area contributed by atoms with E-state index >= 15 is 0 Å². The molecule has 3 N–H and O–H groups in total. The highest BCUT2D eigenvalue weighted by Crippen LogP contribution is 2.28. The van der Waals surface area contributed by atoms with E-state index in [0.29, 0.717) is 30.5 Å². The number of hydrogen-bond donors (Lipinski definition) is 2. The summed E-state index contributed by atoms with van der Waals surface area (Å²) in [5.41, 5.74) is 7.61. The zero-order valence-corrected chi connectivity index (χ0v) is 18.6. The molecule has 0 amide bonds. The Kier molecular flexibility index (Phi) is 7.36. The van der Waals surface area contributed by atoms with E-state index in [9.17, 15) is 0 Å². The molecule has 4 aromatic rings. The number of nitrogens with one attached hydrogen (secondary N) is 1. The molecule has 0 saturated heterocycles. The predicted molar refractivity (Wildman–Crippen MR) is 133 cm³/mol. The Morgan fingerprint density at radius 2 is 1.36 bits per heavy atom. The Hall–Kier alpha value is -4.09. The van der Waals surface area contributed by atoms with E-state index in [-0.39, 0.29) is 0 Å². The summed E-state index contributed by atoms with van der Waals surface area (Å²) < 4.78 is 12.2. The van der Waals surface area contributed by atoms with Crippen LogP contribution < -0.4 is 20.7 Å². The van der Waals surface area contributed by atoms with Crippen LogP contribution in [0, 0.1) is 6.92 Å². The van der Waals surface area contributed by atoms with Crippen LogP contribution >= 0.6 is 0 Å². The van der Waals surface area contributed by atoms with Gasteiger partial charge in [-0.05, 0) is 42.3 Å². The summed E-state index contributed by atoms with van der Waals surface area (Å²) in [4.78, 5) is 4.69. The molecule has 5 nitrogen and oxygen atoms in total. The molecule has 5 heteroatoms. The Morgan fingerprint density at radius 1 is 0.758 bits per heavy atom. The number of amidine groups is 1. The van der Waals surface area contributed by atoms with E-state index in [1.54, 1.807) is 0 Å². The van der Waals surface area contributed by atoms with Gasteiger partial charge in [-0.3, -0.25) is 0 Å². The monoisotopic (exact) mass is 437 g/mol. The molecular weight excluding hydrogens is 410 g/mol. The number of benzene rings is 4. The molecule has 0 aliphatic heterocycles. The first-order valence-electron chi connectivity index (χ1n) is 10.8. The zero-order chi connectivity index (χ0) is 22.9. The number of nitrogens with zero attached hydrogens (tertiary/aromatic N) is 1. The Morgan fingerprint density at radius 3 is 1.97 bits per heavy atom. The maximum Gasteiger partial charge on any atom is 0.151 e. The molecule has 0 fully saturated rings. The largest absolute Gasteiger partial charge is 0.489 e. The van der Waals surface area contributed by atoms with Crippen LogP contribution in [0.3, 0.4) is 0 Å². The number of aryl methyl sites for hydroxylation is 1. The van der Waals surface area contributed by atoms with Gasteiger partial charge in [-0.15, -0.1) is 0 Å². The summed E-state index contributed by atoms with van der Waals surface area (Å²) in [6, 6.07) is 33.7. The average molecular weight is 438 g/mol. The molecule has 0 spiro atoms. The highest BCUT2D eigenvalue weighted by molar-refractivity contribution is 6.02. The third-order valence-electron chi connectivity index (χ3n) is 5.11. The van der Waals surface area contributed by atoms with Gasteiger partial charge in [-0.25, -0.2) is 10.8 Å². The number of ether oxygens (including phenoxy) is 2. The molecule has 0 heterocycles. The number of hydrogen-bond acceptors (Lipinski definition) is 4. The highest BCUT2D eigenvalue weighted by Gasteiger charge is 2.13. The minimum Gasteiger partial charge on any atom is -0.489 e. The number of hydrazine groups is 1. The lowest BCUT2D eigenvalue weighted by atomic mass is 10.1. The van der Waals surface area contributed by atoms with Gasteiger partial charge < -0.3 is 14.9 Å². The van der Waals surface area contributed by atoms with Crippen molar-refractivity contribution in [3.05, 3.63) is 125 Å². The van der Waals surface area contributed by atoms with Crippen LogP contribution in [0.2, 0.25) is 0 Å². The SMILES string of the molecule is Cc1ccc(N=C(NN)c2ccc(OCc3ccccc3)cc2OCc2ccccc2)cc1. The van der Waals surface area contributed by atoms with Crippen LogP contribution in [-0.4, -0.2) is 5.84 Å². The molecule has 0 unspecified atom stereocenters. The van der Waals surface area contributed by atoms with Crippen LogP contribution in [0.15, 0.2) is 108 Å². The second kappa shape index (κ2) is 11.0. The molecule has 0 saturated carbocycles. The van der Waals surface area contributed by atoms with Crippen LogP contribution in [0.25, 0.3) is 0 Å². The van der Waals surface area contributed by atoms with Crippen LogP contribution in [-0.2, 0) is 13.2 Å². The maximum absolute atomic E-state index is 6.20. The lowest BCUT2D eigenvalue weighted by molar-refractivity contribution is 0.289. The molecule has 0 aliphatic rings. The van der Waals surface area contributed by atoms with Gasteiger partial charge in [0.1, 0.15) is 24.7 Å². The summed E-state index contributed by atoms with van der Waals surface area (Å²) in [5.74, 6) is 7.71. The minimum absolute atomic E-state index is 0.415. The standard InChI is InChI=1S/C28H27N3O2/c1-21-12-14-24(15-13-21)30-28(31-29)26-17-16-25(32-19-22-8-4-2-5-9-22)18-27(26)33-20-23-10-6-3-7-11-23/h2-18H,19-20,29H2,1H3,(H,30,31). The normalized spacial score (nSPS) is 11.2. The molecule has 0 bridgehead atoms. The Labute approximate surface area is 194 Å². The fourth-order valence-electron chi connectivity index (χ4n) is 3.30. The van der Waals surface area contributed by atoms with E-state index in [4.69, 9.17) is 15.3 Å². The van der Waals surface area contributed by atoms with Crippen molar-refractivity contribution in [2.45, 2.75) is 20.1 Å². The molecule has 0 aromatic heterocycles. The van der Waals surface area contributed by atoms with Crippen molar-refractivity contribution < 1.29 is 9.47 Å². The van der Waals surface area contributed by atoms with Gasteiger partial charge in [0.25, 0.3) is 0 Å². The molecule has 4 aromatic carbocycles. The van der Waals surface area contributed by atoms with Gasteiger partial charge in [0, 0.05) is 6.07 Å². The predicted octanol–water partition coefficient (Wildman–Crippen LogP) is 5.69. The third kappa shape index (κ3) is 6.21. The van der Waals surface area contributed by atoms with Gasteiger partial charge in [-0.2, -0.15) is 0 Å². The van der Waals surface area contributed by atoms with E-state index < -0.39 is 0 Å². The minimum atomic E-state index is 0.415. The topological polar surface area (TPSA) is 68.9 Å². The second-order valence-electron chi connectivity index (χ2n) is 7.65. The third-order valence-corrected chi connectivity index (χ3v) is 5.11. The average Bonchev–Trinajstić information content (AvgIpc) is 2.87. The van der Waals surface area contributed by atoms with Crippen molar-refractivity contribution in [3.8, 4) is 11.5 Å². The van der Waals surface area contributed by atoms with Crippen LogP contribution in [0.4, 0.5) is 5.69 Å². The van der Waals surface area contributed by atoms with Crippen LogP contribution in [0.5, 0.6) is 11.5 Å². The quantitative estimate of drug-likeness (QED) is 0.161. The first-order valence-corrected chi connectivity index (χ1v) is 10.8.